The molecular weight excluding hydrogens is 310 g/mol. The molecule has 1 aromatic carbocycles. The summed E-state index contributed by atoms with van der Waals surface area (Å²) in [5.41, 5.74) is 4.57. The van der Waals surface area contributed by atoms with E-state index in [1.807, 2.05) is 64.4 Å². The van der Waals surface area contributed by atoms with E-state index in [1.165, 1.54) is 0 Å². The fourth-order valence-electron chi connectivity index (χ4n) is 3.07. The monoisotopic (exact) mass is 335 g/mol. The Morgan fingerprint density at radius 3 is 2.13 bits per heavy atom. The molecule has 5 nitrogen and oxygen atoms in total. The molecule has 0 aliphatic heterocycles. The zero-order valence-electron chi connectivity index (χ0n) is 14.6. The molecule has 0 saturated heterocycles. The third kappa shape index (κ3) is 4.00. The Morgan fingerprint density at radius 2 is 1.65 bits per heavy atom. The Labute approximate surface area is 138 Å². The van der Waals surface area contributed by atoms with Crippen LogP contribution >= 0.6 is 0 Å². The third-order valence-electron chi connectivity index (χ3n) is 3.78. The van der Waals surface area contributed by atoms with Gasteiger partial charge in [0.25, 0.3) is 0 Å². The van der Waals surface area contributed by atoms with Gasteiger partial charge in [-0.05, 0) is 58.7 Å². The topological polar surface area (TPSA) is 64.0 Å². The number of benzene rings is 1. The van der Waals surface area contributed by atoms with Crippen molar-refractivity contribution in [3.8, 4) is 0 Å². The van der Waals surface area contributed by atoms with E-state index >= 15 is 0 Å². The molecule has 0 fully saturated rings. The minimum Gasteiger partial charge on any atom is -0.268 e. The van der Waals surface area contributed by atoms with Crippen LogP contribution in [-0.4, -0.2) is 24.2 Å². The summed E-state index contributed by atoms with van der Waals surface area (Å²) >= 11 is 0. The van der Waals surface area contributed by atoms with Crippen LogP contribution < -0.4 is 4.72 Å². The average Bonchev–Trinajstić information content (AvgIpc) is 2.64. The fraction of sp³-hybridized carbons (Fsp3) is 0.471. The van der Waals surface area contributed by atoms with Crippen LogP contribution in [0.15, 0.2) is 23.1 Å². The molecule has 0 spiro atoms. The first-order chi connectivity index (χ1) is 10.6. The Hall–Kier alpha value is -1.66. The quantitative estimate of drug-likeness (QED) is 0.914. The molecule has 0 aliphatic carbocycles. The summed E-state index contributed by atoms with van der Waals surface area (Å²) in [5.74, 6) is 0. The maximum atomic E-state index is 12.7. The van der Waals surface area contributed by atoms with Crippen LogP contribution in [0.1, 0.15) is 35.0 Å². The second-order valence-corrected chi connectivity index (χ2v) is 8.01. The molecule has 0 aliphatic rings. The first-order valence-electron chi connectivity index (χ1n) is 7.71. The maximum Gasteiger partial charge on any atom is 0.241 e. The first-order valence-corrected chi connectivity index (χ1v) is 9.19. The fourth-order valence-corrected chi connectivity index (χ4v) is 4.76. The largest absolute Gasteiger partial charge is 0.268 e. The molecule has 0 unspecified atom stereocenters. The van der Waals surface area contributed by atoms with Crippen molar-refractivity contribution in [3.63, 3.8) is 0 Å². The van der Waals surface area contributed by atoms with Gasteiger partial charge in [-0.25, -0.2) is 13.1 Å². The predicted octanol–water partition coefficient (Wildman–Crippen LogP) is 2.79. The normalized spacial score (nSPS) is 13.3. The molecule has 23 heavy (non-hydrogen) atoms. The molecule has 0 bridgehead atoms. The Bertz CT molecular complexity index is 799. The summed E-state index contributed by atoms with van der Waals surface area (Å²) in [6.07, 6.45) is 0. The van der Waals surface area contributed by atoms with Crippen LogP contribution in [-0.2, 0) is 16.6 Å². The van der Waals surface area contributed by atoms with Crippen molar-refractivity contribution in [2.45, 2.75) is 59.0 Å². The van der Waals surface area contributed by atoms with Crippen LogP contribution in [0, 0.1) is 34.6 Å². The molecule has 126 valence electrons. The standard InChI is InChI=1S/C17H25N3O2S/c1-11-7-12(2)17(13(3)8-11)23(21,22)19-15(5)10-20-16(6)9-14(4)18-20/h7-9,15,19H,10H2,1-6H3/t15-/m0/s1. The molecule has 0 saturated carbocycles. The lowest BCUT2D eigenvalue weighted by Crippen LogP contribution is -2.36. The predicted molar refractivity (Wildman–Crippen MR) is 92.1 cm³/mol. The summed E-state index contributed by atoms with van der Waals surface area (Å²) in [5, 5.41) is 4.38. The number of aromatic nitrogens is 2. The van der Waals surface area contributed by atoms with Crippen molar-refractivity contribution < 1.29 is 8.42 Å². The molecule has 1 N–H and O–H groups in total. The van der Waals surface area contributed by atoms with Crippen molar-refractivity contribution in [1.29, 1.82) is 0 Å². The zero-order chi connectivity index (χ0) is 17.4. The Morgan fingerprint density at radius 1 is 1.09 bits per heavy atom. The van der Waals surface area contributed by atoms with Gasteiger partial charge >= 0.3 is 0 Å². The zero-order valence-corrected chi connectivity index (χ0v) is 15.5. The Balaban J connectivity index is 2.23. The highest BCUT2D eigenvalue weighted by molar-refractivity contribution is 7.89. The van der Waals surface area contributed by atoms with Gasteiger partial charge in [-0.1, -0.05) is 17.7 Å². The second kappa shape index (κ2) is 6.45. The van der Waals surface area contributed by atoms with Crippen molar-refractivity contribution >= 4 is 10.0 Å². The lowest BCUT2D eigenvalue weighted by Gasteiger charge is -2.18. The number of hydrogen-bond acceptors (Lipinski definition) is 3. The van der Waals surface area contributed by atoms with Crippen LogP contribution in [0.5, 0.6) is 0 Å². The van der Waals surface area contributed by atoms with Crippen molar-refractivity contribution in [2.75, 3.05) is 0 Å². The van der Waals surface area contributed by atoms with Crippen LogP contribution in [0.4, 0.5) is 0 Å². The van der Waals surface area contributed by atoms with Gasteiger partial charge in [0.15, 0.2) is 0 Å². The molecule has 1 aromatic heterocycles. The molecule has 1 atom stereocenters. The van der Waals surface area contributed by atoms with E-state index in [0.717, 1.165) is 28.1 Å². The van der Waals surface area contributed by atoms with Gasteiger partial charge in [0, 0.05) is 11.7 Å². The van der Waals surface area contributed by atoms with Gasteiger partial charge in [-0.2, -0.15) is 5.10 Å². The van der Waals surface area contributed by atoms with E-state index < -0.39 is 10.0 Å². The van der Waals surface area contributed by atoms with Gasteiger partial charge in [-0.3, -0.25) is 4.68 Å². The molecule has 0 amide bonds. The number of nitrogens with one attached hydrogen (secondary N) is 1. The maximum absolute atomic E-state index is 12.7. The smallest absolute Gasteiger partial charge is 0.241 e. The third-order valence-corrected chi connectivity index (χ3v) is 5.67. The van der Waals surface area contributed by atoms with E-state index in [1.54, 1.807) is 0 Å². The van der Waals surface area contributed by atoms with Crippen LogP contribution in [0.25, 0.3) is 0 Å². The van der Waals surface area contributed by atoms with Crippen molar-refractivity contribution in [3.05, 3.63) is 46.3 Å². The molecule has 0 radical (unpaired) electrons. The number of sulfonamides is 1. The van der Waals surface area contributed by atoms with Gasteiger partial charge < -0.3 is 0 Å². The van der Waals surface area contributed by atoms with Crippen LogP contribution in [0.3, 0.4) is 0 Å². The second-order valence-electron chi connectivity index (χ2n) is 6.36. The minimum atomic E-state index is -3.55. The SMILES string of the molecule is Cc1cc(C)c(S(=O)(=O)N[C@@H](C)Cn2nc(C)cc2C)c(C)c1. The number of rotatable bonds is 5. The highest BCUT2D eigenvalue weighted by Crippen LogP contribution is 2.22. The lowest BCUT2D eigenvalue weighted by atomic mass is 10.1. The van der Waals surface area contributed by atoms with E-state index in [0.29, 0.717) is 11.4 Å². The molecule has 6 heteroatoms. The number of aryl methyl sites for hydroxylation is 5. The summed E-state index contributed by atoms with van der Waals surface area (Å²) in [4.78, 5) is 0.378. The van der Waals surface area contributed by atoms with E-state index in [4.69, 9.17) is 0 Å². The van der Waals surface area contributed by atoms with Crippen LogP contribution in [0.2, 0.25) is 0 Å². The Kier molecular flexibility index (Phi) is 4.96. The highest BCUT2D eigenvalue weighted by atomic mass is 32.2. The minimum absolute atomic E-state index is 0.252. The number of hydrogen-bond donors (Lipinski definition) is 1. The molecule has 2 rings (SSSR count). The van der Waals surface area contributed by atoms with Gasteiger partial charge in [0.05, 0.1) is 17.1 Å². The summed E-state index contributed by atoms with van der Waals surface area (Å²) in [7, 11) is -3.55. The van der Waals surface area contributed by atoms with Crippen molar-refractivity contribution in [2.24, 2.45) is 0 Å². The number of nitrogens with zero attached hydrogens (tertiary/aromatic N) is 2. The average molecular weight is 335 g/mol. The molecule has 1 heterocycles. The highest BCUT2D eigenvalue weighted by Gasteiger charge is 2.22. The van der Waals surface area contributed by atoms with Gasteiger partial charge in [0.1, 0.15) is 0 Å². The van der Waals surface area contributed by atoms with Gasteiger partial charge in [0.2, 0.25) is 10.0 Å². The van der Waals surface area contributed by atoms with E-state index in [-0.39, 0.29) is 6.04 Å². The van der Waals surface area contributed by atoms with E-state index in [9.17, 15) is 8.42 Å². The summed E-state index contributed by atoms with van der Waals surface area (Å²) in [6.45, 7) is 11.9. The molecular formula is C17H25N3O2S. The lowest BCUT2D eigenvalue weighted by molar-refractivity contribution is 0.485. The van der Waals surface area contributed by atoms with E-state index in [2.05, 4.69) is 9.82 Å². The van der Waals surface area contributed by atoms with Crippen molar-refractivity contribution in [1.82, 2.24) is 14.5 Å². The summed E-state index contributed by atoms with van der Waals surface area (Å²) in [6, 6.07) is 5.52. The summed E-state index contributed by atoms with van der Waals surface area (Å²) < 4.78 is 30.1. The molecule has 2 aromatic rings. The van der Waals surface area contributed by atoms with Gasteiger partial charge in [-0.15, -0.1) is 0 Å². The first kappa shape index (κ1) is 17.7.